The van der Waals surface area contributed by atoms with E-state index in [4.69, 9.17) is 35.4 Å². The van der Waals surface area contributed by atoms with Crippen LogP contribution in [-0.4, -0.2) is 46.0 Å². The molecule has 0 unspecified atom stereocenters. The van der Waals surface area contributed by atoms with Gasteiger partial charge in [-0.2, -0.15) is 0 Å². The zero-order valence-electron chi connectivity index (χ0n) is 23.4. The largest absolute Gasteiger partial charge is 0.509 e. The predicted molar refractivity (Wildman–Crippen MR) is 177 cm³/mol. The van der Waals surface area contributed by atoms with Crippen LogP contribution in [0.1, 0.15) is 0 Å². The van der Waals surface area contributed by atoms with Gasteiger partial charge in [0, 0.05) is 32.1 Å². The second-order valence-electron chi connectivity index (χ2n) is 10.7. The average molecular weight is 596 g/mol. The number of benzene rings is 5. The molecule has 210 valence electrons. The van der Waals surface area contributed by atoms with Crippen molar-refractivity contribution < 1.29 is 24.2 Å². The Kier molecular flexibility index (Phi) is 5.66. The molecule has 0 bridgehead atoms. The highest BCUT2D eigenvalue weighted by atomic mass is 35.5. The smallest absolute Gasteiger partial charge is 0.167 e. The molecule has 0 atom stereocenters. The Balaban J connectivity index is 1.48. The number of phenols is 3. The number of aromatic nitrogens is 3. The topological polar surface area (TPSA) is 126 Å². The van der Waals surface area contributed by atoms with Crippen LogP contribution in [0.5, 0.6) is 17.2 Å². The standard InChI is InChI=1S/C33H20B2ClN3O5/c34-25-24(27(40)29(42)26(35)28(25)41)33-38-31(17-7-4-10-22-23(17)19-13-14(36)11-12-21(19)43-22)37-32(39-33)18-8-3-6-16-15-5-1-2-9-20(15)44-30(16)18/h1-13,40-42H,34-35H2. The van der Waals surface area contributed by atoms with E-state index in [0.29, 0.717) is 38.4 Å². The molecular formula is C33H20B2ClN3O5. The molecule has 3 heterocycles. The number of nitrogens with zero attached hydrogens (tertiary/aromatic N) is 3. The van der Waals surface area contributed by atoms with Gasteiger partial charge in [0.05, 0.1) is 11.1 Å². The van der Waals surface area contributed by atoms with E-state index in [0.717, 1.165) is 27.1 Å². The number of fused-ring (bicyclic) bond motifs is 6. The summed E-state index contributed by atoms with van der Waals surface area (Å²) < 4.78 is 12.4. The lowest BCUT2D eigenvalue weighted by atomic mass is 9.80. The van der Waals surface area contributed by atoms with Gasteiger partial charge in [-0.05, 0) is 47.3 Å². The van der Waals surface area contributed by atoms with Crippen molar-refractivity contribution in [1.29, 1.82) is 0 Å². The highest BCUT2D eigenvalue weighted by molar-refractivity contribution is 6.45. The second-order valence-corrected chi connectivity index (χ2v) is 11.1. The molecule has 8 aromatic rings. The Bertz CT molecular complexity index is 2460. The molecule has 0 saturated heterocycles. The summed E-state index contributed by atoms with van der Waals surface area (Å²) >= 11 is 6.38. The van der Waals surface area contributed by atoms with Crippen LogP contribution in [-0.2, 0) is 0 Å². The van der Waals surface area contributed by atoms with Gasteiger partial charge < -0.3 is 24.2 Å². The van der Waals surface area contributed by atoms with E-state index in [1.165, 1.54) is 7.85 Å². The van der Waals surface area contributed by atoms with Crippen molar-refractivity contribution in [3.05, 3.63) is 83.9 Å². The van der Waals surface area contributed by atoms with E-state index in [9.17, 15) is 15.3 Å². The number of phenolic OH excluding ortho intramolecular Hbond substituents is 3. The quantitative estimate of drug-likeness (QED) is 0.149. The highest BCUT2D eigenvalue weighted by Gasteiger charge is 2.25. The molecule has 0 radical (unpaired) electrons. The summed E-state index contributed by atoms with van der Waals surface area (Å²) in [5, 5.41) is 36.6. The van der Waals surface area contributed by atoms with Gasteiger partial charge in [0.15, 0.2) is 29.0 Å². The Labute approximate surface area is 256 Å². The van der Waals surface area contributed by atoms with Crippen LogP contribution in [0, 0.1) is 0 Å². The van der Waals surface area contributed by atoms with Gasteiger partial charge >= 0.3 is 0 Å². The normalized spacial score (nSPS) is 11.8. The van der Waals surface area contributed by atoms with E-state index in [-0.39, 0.29) is 34.2 Å². The van der Waals surface area contributed by atoms with E-state index < -0.39 is 11.5 Å². The monoisotopic (exact) mass is 595 g/mol. The summed E-state index contributed by atoms with van der Waals surface area (Å²) in [6.07, 6.45) is 0. The molecule has 0 spiro atoms. The summed E-state index contributed by atoms with van der Waals surface area (Å²) in [6, 6.07) is 24.5. The van der Waals surface area contributed by atoms with Crippen LogP contribution in [0.4, 0.5) is 0 Å². The van der Waals surface area contributed by atoms with Crippen LogP contribution in [0.3, 0.4) is 0 Å². The van der Waals surface area contributed by atoms with Crippen molar-refractivity contribution in [3.8, 4) is 51.4 Å². The van der Waals surface area contributed by atoms with Crippen LogP contribution in [0.25, 0.3) is 78.0 Å². The van der Waals surface area contributed by atoms with Crippen molar-refractivity contribution in [2.75, 3.05) is 0 Å². The summed E-state index contributed by atoms with van der Waals surface area (Å²) in [6.45, 7) is 0. The van der Waals surface area contributed by atoms with Crippen LogP contribution < -0.4 is 10.9 Å². The molecule has 44 heavy (non-hydrogen) atoms. The van der Waals surface area contributed by atoms with E-state index in [1.807, 2.05) is 72.8 Å². The first-order chi connectivity index (χ1) is 21.3. The molecule has 0 aliphatic carbocycles. The molecule has 11 heteroatoms. The van der Waals surface area contributed by atoms with Crippen molar-refractivity contribution in [2.45, 2.75) is 0 Å². The number of halogens is 1. The lowest BCUT2D eigenvalue weighted by Gasteiger charge is -2.16. The molecule has 0 fully saturated rings. The Morgan fingerprint density at radius 2 is 1.23 bits per heavy atom. The van der Waals surface area contributed by atoms with Crippen molar-refractivity contribution >= 4 is 82.1 Å². The molecule has 0 saturated carbocycles. The van der Waals surface area contributed by atoms with Crippen molar-refractivity contribution in [2.24, 2.45) is 0 Å². The minimum atomic E-state index is -0.455. The van der Waals surface area contributed by atoms with E-state index in [2.05, 4.69) is 0 Å². The minimum Gasteiger partial charge on any atom is -0.509 e. The maximum Gasteiger partial charge on any atom is 0.167 e. The molecule has 5 aromatic carbocycles. The molecular weight excluding hydrogens is 575 g/mol. The van der Waals surface area contributed by atoms with Crippen LogP contribution in [0.15, 0.2) is 87.7 Å². The lowest BCUT2D eigenvalue weighted by Crippen LogP contribution is -2.19. The van der Waals surface area contributed by atoms with Crippen LogP contribution >= 0.6 is 11.6 Å². The zero-order valence-corrected chi connectivity index (χ0v) is 24.1. The van der Waals surface area contributed by atoms with Gasteiger partial charge in [-0.15, -0.1) is 0 Å². The number of rotatable bonds is 3. The van der Waals surface area contributed by atoms with Gasteiger partial charge in [0.25, 0.3) is 0 Å². The second kappa shape index (κ2) is 9.52. The Morgan fingerprint density at radius 3 is 2.07 bits per heavy atom. The maximum atomic E-state index is 11.1. The van der Waals surface area contributed by atoms with E-state index >= 15 is 0 Å². The molecule has 0 aliphatic heterocycles. The first kappa shape index (κ1) is 26.2. The van der Waals surface area contributed by atoms with Gasteiger partial charge in [-0.3, -0.25) is 0 Å². The number of para-hydroxylation sites is 2. The number of hydrogen-bond donors (Lipinski definition) is 3. The van der Waals surface area contributed by atoms with E-state index in [1.54, 1.807) is 13.9 Å². The fourth-order valence-electron chi connectivity index (χ4n) is 5.90. The highest BCUT2D eigenvalue weighted by Crippen LogP contribution is 2.41. The van der Waals surface area contributed by atoms with Gasteiger partial charge in [0.2, 0.25) is 0 Å². The minimum absolute atomic E-state index is 0.0570. The maximum absolute atomic E-state index is 11.1. The average Bonchev–Trinajstić information content (AvgIpc) is 3.61. The SMILES string of the molecule is Bc1c(O)c(B)c(-c2nc(-c3cccc4c3oc3ccccc34)nc(-c3cccc4oc5ccc(Cl)cc5c34)n2)c(O)c1O. The third kappa shape index (κ3) is 3.77. The Hall–Kier alpha value is -5.47. The third-order valence-electron chi connectivity index (χ3n) is 8.10. The molecule has 0 amide bonds. The molecule has 0 aliphatic rings. The molecule has 8 nitrogen and oxygen atoms in total. The fourth-order valence-corrected chi connectivity index (χ4v) is 6.07. The number of hydrogen-bond acceptors (Lipinski definition) is 8. The molecule has 8 rings (SSSR count). The van der Waals surface area contributed by atoms with Crippen LogP contribution in [0.2, 0.25) is 5.02 Å². The Morgan fingerprint density at radius 1 is 0.568 bits per heavy atom. The summed E-state index contributed by atoms with van der Waals surface area (Å²) in [5.41, 5.74) is 4.37. The predicted octanol–water partition coefficient (Wildman–Crippen LogP) is 4.96. The molecule has 3 aromatic heterocycles. The zero-order chi connectivity index (χ0) is 30.3. The summed E-state index contributed by atoms with van der Waals surface area (Å²) in [4.78, 5) is 14.5. The van der Waals surface area contributed by atoms with Crippen molar-refractivity contribution in [3.63, 3.8) is 0 Å². The third-order valence-corrected chi connectivity index (χ3v) is 8.34. The fraction of sp³-hybridized carbons (Fsp3) is 0. The number of aromatic hydroxyl groups is 3. The van der Waals surface area contributed by atoms with Crippen molar-refractivity contribution in [1.82, 2.24) is 15.0 Å². The lowest BCUT2D eigenvalue weighted by molar-refractivity contribution is 0.403. The molecule has 3 N–H and O–H groups in total. The van der Waals surface area contributed by atoms with Gasteiger partial charge in [-0.1, -0.05) is 54.1 Å². The van der Waals surface area contributed by atoms with Gasteiger partial charge in [0.1, 0.15) is 43.8 Å². The number of furan rings is 2. The first-order valence-corrected chi connectivity index (χ1v) is 14.2. The van der Waals surface area contributed by atoms with Gasteiger partial charge in [-0.25, -0.2) is 15.0 Å². The summed E-state index contributed by atoms with van der Waals surface area (Å²) in [5.74, 6) is -0.455. The first-order valence-electron chi connectivity index (χ1n) is 13.8. The summed E-state index contributed by atoms with van der Waals surface area (Å²) in [7, 11) is 3.15.